The fourth-order valence-electron chi connectivity index (χ4n) is 1.36. The van der Waals surface area contributed by atoms with Gasteiger partial charge in [0.05, 0.1) is 6.54 Å². The van der Waals surface area contributed by atoms with Crippen LogP contribution in [0, 0.1) is 0 Å². The van der Waals surface area contributed by atoms with Crippen molar-refractivity contribution >= 4 is 17.5 Å². The van der Waals surface area contributed by atoms with E-state index in [0.717, 1.165) is 0 Å². The summed E-state index contributed by atoms with van der Waals surface area (Å²) in [7, 11) is 0. The number of nitrogens with one attached hydrogen (secondary N) is 2. The number of nitrogens with two attached hydrogens (primary N) is 1. The first-order chi connectivity index (χ1) is 8.28. The summed E-state index contributed by atoms with van der Waals surface area (Å²) >= 11 is 0. The lowest BCUT2D eigenvalue weighted by atomic mass is 10.1. The highest BCUT2D eigenvalue weighted by molar-refractivity contribution is 5.96. The van der Waals surface area contributed by atoms with E-state index in [1.807, 2.05) is 20.8 Å². The van der Waals surface area contributed by atoms with Gasteiger partial charge in [-0.3, -0.25) is 9.59 Å². The van der Waals surface area contributed by atoms with Crippen LogP contribution in [0.3, 0.4) is 0 Å². The van der Waals surface area contributed by atoms with Crippen molar-refractivity contribution < 1.29 is 9.59 Å². The molecule has 0 spiro atoms. The van der Waals surface area contributed by atoms with Gasteiger partial charge in [-0.1, -0.05) is 0 Å². The second-order valence-electron chi connectivity index (χ2n) is 5.10. The minimum atomic E-state index is -0.303. The topological polar surface area (TPSA) is 84.2 Å². The molecule has 0 radical (unpaired) electrons. The van der Waals surface area contributed by atoms with Crippen LogP contribution in [0.15, 0.2) is 24.3 Å². The first-order valence-corrected chi connectivity index (χ1v) is 5.73. The number of carbonyl (C=O) groups excluding carboxylic acids is 2. The van der Waals surface area contributed by atoms with Crippen molar-refractivity contribution in [1.82, 2.24) is 10.6 Å². The largest absolute Gasteiger partial charge is 0.399 e. The van der Waals surface area contributed by atoms with Crippen LogP contribution in [0.4, 0.5) is 5.69 Å². The summed E-state index contributed by atoms with van der Waals surface area (Å²) in [5.74, 6) is -0.509. The molecule has 98 valence electrons. The highest BCUT2D eigenvalue weighted by Crippen LogP contribution is 2.05. The van der Waals surface area contributed by atoms with E-state index in [4.69, 9.17) is 5.73 Å². The minimum absolute atomic E-state index is 0.0412. The Kier molecular flexibility index (Phi) is 4.31. The zero-order chi connectivity index (χ0) is 13.8. The van der Waals surface area contributed by atoms with Crippen LogP contribution < -0.4 is 16.4 Å². The average Bonchev–Trinajstić information content (AvgIpc) is 2.24. The van der Waals surface area contributed by atoms with E-state index in [2.05, 4.69) is 10.6 Å². The van der Waals surface area contributed by atoms with Crippen LogP contribution in [0.5, 0.6) is 0 Å². The Morgan fingerprint density at radius 1 is 1.17 bits per heavy atom. The van der Waals surface area contributed by atoms with Crippen molar-refractivity contribution in [3.05, 3.63) is 29.8 Å². The van der Waals surface area contributed by atoms with Crippen LogP contribution in [-0.2, 0) is 4.79 Å². The monoisotopic (exact) mass is 249 g/mol. The van der Waals surface area contributed by atoms with Gasteiger partial charge in [0.15, 0.2) is 0 Å². The minimum Gasteiger partial charge on any atom is -0.399 e. The number of hydrogen-bond donors (Lipinski definition) is 3. The maximum absolute atomic E-state index is 11.7. The molecule has 0 aliphatic rings. The Hall–Kier alpha value is -2.04. The Balaban J connectivity index is 2.47. The molecular weight excluding hydrogens is 230 g/mol. The van der Waals surface area contributed by atoms with E-state index in [9.17, 15) is 9.59 Å². The van der Waals surface area contributed by atoms with Gasteiger partial charge < -0.3 is 16.4 Å². The Morgan fingerprint density at radius 3 is 2.22 bits per heavy atom. The Labute approximate surface area is 107 Å². The zero-order valence-electron chi connectivity index (χ0n) is 10.9. The first-order valence-electron chi connectivity index (χ1n) is 5.73. The number of nitrogen functional groups attached to an aromatic ring is 1. The first kappa shape index (κ1) is 14.0. The third kappa shape index (κ3) is 4.86. The van der Waals surface area contributed by atoms with E-state index in [0.29, 0.717) is 11.3 Å². The smallest absolute Gasteiger partial charge is 0.251 e. The molecule has 4 N–H and O–H groups in total. The molecule has 0 atom stereocenters. The molecule has 18 heavy (non-hydrogen) atoms. The predicted molar refractivity (Wildman–Crippen MR) is 71.1 cm³/mol. The molecule has 1 aromatic rings. The van der Waals surface area contributed by atoms with E-state index in [-0.39, 0.29) is 23.9 Å². The van der Waals surface area contributed by atoms with Crippen molar-refractivity contribution in [3.8, 4) is 0 Å². The summed E-state index contributed by atoms with van der Waals surface area (Å²) in [5, 5.41) is 5.31. The molecule has 0 unspecified atom stereocenters. The van der Waals surface area contributed by atoms with Gasteiger partial charge in [-0.15, -0.1) is 0 Å². The maximum Gasteiger partial charge on any atom is 0.251 e. The van der Waals surface area contributed by atoms with E-state index >= 15 is 0 Å². The molecule has 0 saturated carbocycles. The molecule has 0 fully saturated rings. The normalized spacial score (nSPS) is 10.8. The standard InChI is InChI=1S/C13H19N3O2/c1-13(2,3)16-11(17)8-15-12(18)9-4-6-10(14)7-5-9/h4-7H,8,14H2,1-3H3,(H,15,18)(H,16,17). The van der Waals surface area contributed by atoms with Crippen molar-refractivity contribution in [2.24, 2.45) is 0 Å². The summed E-state index contributed by atoms with van der Waals surface area (Å²) in [6.45, 7) is 5.60. The lowest BCUT2D eigenvalue weighted by molar-refractivity contribution is -0.121. The third-order valence-corrected chi connectivity index (χ3v) is 2.10. The molecule has 0 aromatic heterocycles. The van der Waals surface area contributed by atoms with Gasteiger partial charge in [0.25, 0.3) is 5.91 Å². The molecular formula is C13H19N3O2. The van der Waals surface area contributed by atoms with Crippen LogP contribution >= 0.6 is 0 Å². The second-order valence-corrected chi connectivity index (χ2v) is 5.10. The molecule has 1 aromatic carbocycles. The quantitative estimate of drug-likeness (QED) is 0.696. The number of carbonyl (C=O) groups is 2. The summed E-state index contributed by atoms with van der Waals surface area (Å²) in [6.07, 6.45) is 0. The number of amides is 2. The van der Waals surface area contributed by atoms with Crippen LogP contribution in [0.2, 0.25) is 0 Å². The summed E-state index contributed by atoms with van der Waals surface area (Å²) < 4.78 is 0. The van der Waals surface area contributed by atoms with Gasteiger partial charge in [-0.05, 0) is 45.0 Å². The molecule has 1 rings (SSSR count). The van der Waals surface area contributed by atoms with Crippen molar-refractivity contribution in [2.45, 2.75) is 26.3 Å². The number of hydrogen-bond acceptors (Lipinski definition) is 3. The van der Waals surface area contributed by atoms with E-state index < -0.39 is 0 Å². The summed E-state index contributed by atoms with van der Waals surface area (Å²) in [6, 6.07) is 6.52. The van der Waals surface area contributed by atoms with Crippen LogP contribution in [0.1, 0.15) is 31.1 Å². The third-order valence-electron chi connectivity index (χ3n) is 2.10. The Bertz CT molecular complexity index is 433. The fraction of sp³-hybridized carbons (Fsp3) is 0.385. The summed E-state index contributed by atoms with van der Waals surface area (Å²) in [4.78, 5) is 23.2. The van der Waals surface area contributed by atoms with Crippen LogP contribution in [0.25, 0.3) is 0 Å². The van der Waals surface area contributed by atoms with Gasteiger partial charge in [0.2, 0.25) is 5.91 Å². The molecule has 0 aliphatic carbocycles. The van der Waals surface area contributed by atoms with Gasteiger partial charge >= 0.3 is 0 Å². The summed E-state index contributed by atoms with van der Waals surface area (Å²) in [5.41, 5.74) is 6.29. The number of anilines is 1. The highest BCUT2D eigenvalue weighted by Gasteiger charge is 2.14. The van der Waals surface area contributed by atoms with E-state index in [1.54, 1.807) is 24.3 Å². The van der Waals surface area contributed by atoms with Crippen molar-refractivity contribution in [3.63, 3.8) is 0 Å². The van der Waals surface area contributed by atoms with Gasteiger partial charge in [-0.25, -0.2) is 0 Å². The lowest BCUT2D eigenvalue weighted by Gasteiger charge is -2.20. The Morgan fingerprint density at radius 2 is 1.72 bits per heavy atom. The lowest BCUT2D eigenvalue weighted by Crippen LogP contribution is -2.45. The van der Waals surface area contributed by atoms with Crippen molar-refractivity contribution in [1.29, 1.82) is 0 Å². The molecule has 5 heteroatoms. The highest BCUT2D eigenvalue weighted by atomic mass is 16.2. The predicted octanol–water partition coefficient (Wildman–Crippen LogP) is 0.913. The van der Waals surface area contributed by atoms with Gasteiger partial charge in [-0.2, -0.15) is 0 Å². The fourth-order valence-corrected chi connectivity index (χ4v) is 1.36. The van der Waals surface area contributed by atoms with Gasteiger partial charge in [0.1, 0.15) is 0 Å². The van der Waals surface area contributed by atoms with E-state index in [1.165, 1.54) is 0 Å². The maximum atomic E-state index is 11.7. The van der Waals surface area contributed by atoms with Gasteiger partial charge in [0, 0.05) is 16.8 Å². The molecule has 5 nitrogen and oxygen atoms in total. The zero-order valence-corrected chi connectivity index (χ0v) is 10.9. The molecule has 0 bridgehead atoms. The number of benzene rings is 1. The molecule has 2 amide bonds. The molecule has 0 aliphatic heterocycles. The van der Waals surface area contributed by atoms with Crippen molar-refractivity contribution in [2.75, 3.05) is 12.3 Å². The molecule has 0 heterocycles. The number of rotatable bonds is 3. The average molecular weight is 249 g/mol. The van der Waals surface area contributed by atoms with Crippen LogP contribution in [-0.4, -0.2) is 23.9 Å². The molecule has 0 saturated heterocycles. The SMILES string of the molecule is CC(C)(C)NC(=O)CNC(=O)c1ccc(N)cc1. The second kappa shape index (κ2) is 5.53.